The molecule has 132 valence electrons. The number of aromatic amines is 1. The number of nitrogens with one attached hydrogen (secondary N) is 2. The fraction of sp³-hybridized carbons (Fsp3) is 0. The fourth-order valence-electron chi connectivity index (χ4n) is 2.44. The summed E-state index contributed by atoms with van der Waals surface area (Å²) in [7, 11) is 0. The minimum absolute atomic E-state index is 0.0700. The van der Waals surface area contributed by atoms with Crippen LogP contribution in [0, 0.1) is 21.4 Å². The highest BCUT2D eigenvalue weighted by Crippen LogP contribution is 2.26. The Morgan fingerprint density at radius 1 is 1.22 bits per heavy atom. The predicted octanol–water partition coefficient (Wildman–Crippen LogP) is 3.53. The summed E-state index contributed by atoms with van der Waals surface area (Å²) in [6.07, 6.45) is 2.83. The third-order valence-corrected chi connectivity index (χ3v) is 3.71. The number of non-ortho nitro benzene ring substituents is 1. The van der Waals surface area contributed by atoms with Gasteiger partial charge in [-0.25, -0.2) is 0 Å². The number of amides is 1. The molecule has 1 heterocycles. The summed E-state index contributed by atoms with van der Waals surface area (Å²) in [6, 6.07) is 16.6. The van der Waals surface area contributed by atoms with Gasteiger partial charge in [0.05, 0.1) is 16.8 Å². The average molecular weight is 359 g/mol. The summed E-state index contributed by atoms with van der Waals surface area (Å²) >= 11 is 0. The van der Waals surface area contributed by atoms with Gasteiger partial charge in [0.1, 0.15) is 11.6 Å². The highest BCUT2D eigenvalue weighted by atomic mass is 16.6. The molecule has 2 N–H and O–H groups in total. The zero-order chi connectivity index (χ0) is 19.2. The van der Waals surface area contributed by atoms with Crippen LogP contribution in [-0.4, -0.2) is 21.0 Å². The lowest BCUT2D eigenvalue weighted by atomic mass is 10.1. The molecule has 0 saturated heterocycles. The van der Waals surface area contributed by atoms with Gasteiger partial charge in [-0.1, -0.05) is 30.3 Å². The summed E-state index contributed by atoms with van der Waals surface area (Å²) in [4.78, 5) is 22.8. The third-order valence-electron chi connectivity index (χ3n) is 3.71. The normalized spacial score (nSPS) is 10.9. The highest BCUT2D eigenvalue weighted by molar-refractivity contribution is 6.10. The quantitative estimate of drug-likeness (QED) is 0.312. The number of anilines is 1. The van der Waals surface area contributed by atoms with E-state index in [2.05, 4.69) is 15.5 Å². The standard InChI is InChI=1S/C19H13N5O3/c20-11-14(19(25)22-16-6-2-1-3-7-16)9-15-12-21-23-18(15)13-5-4-8-17(10-13)24(26)27/h1-10,12H,(H,21,23)(H,22,25)/b14-9+. The Balaban J connectivity index is 1.92. The molecular formula is C19H13N5O3. The summed E-state index contributed by atoms with van der Waals surface area (Å²) in [5, 5.41) is 29.6. The van der Waals surface area contributed by atoms with Crippen LogP contribution in [0.25, 0.3) is 17.3 Å². The zero-order valence-electron chi connectivity index (χ0n) is 13.9. The van der Waals surface area contributed by atoms with E-state index in [0.29, 0.717) is 22.5 Å². The highest BCUT2D eigenvalue weighted by Gasteiger charge is 2.14. The van der Waals surface area contributed by atoms with Crippen molar-refractivity contribution in [2.45, 2.75) is 0 Å². The van der Waals surface area contributed by atoms with Gasteiger partial charge in [0.25, 0.3) is 11.6 Å². The first-order valence-corrected chi connectivity index (χ1v) is 7.85. The Morgan fingerprint density at radius 2 is 2.00 bits per heavy atom. The van der Waals surface area contributed by atoms with Crippen LogP contribution in [0.15, 0.2) is 66.4 Å². The van der Waals surface area contributed by atoms with Gasteiger partial charge in [-0.3, -0.25) is 20.0 Å². The van der Waals surface area contributed by atoms with Gasteiger partial charge in [-0.2, -0.15) is 10.4 Å². The third kappa shape index (κ3) is 4.05. The van der Waals surface area contributed by atoms with Crippen molar-refractivity contribution in [2.75, 3.05) is 5.32 Å². The largest absolute Gasteiger partial charge is 0.321 e. The van der Waals surface area contributed by atoms with Crippen LogP contribution in [0.3, 0.4) is 0 Å². The summed E-state index contributed by atoms with van der Waals surface area (Å²) in [5.41, 5.74) is 1.84. The van der Waals surface area contributed by atoms with Crippen molar-refractivity contribution >= 4 is 23.4 Å². The molecule has 0 aliphatic rings. The van der Waals surface area contributed by atoms with E-state index in [0.717, 1.165) is 0 Å². The second-order valence-corrected chi connectivity index (χ2v) is 5.50. The maximum Gasteiger partial charge on any atom is 0.270 e. The maximum absolute atomic E-state index is 12.3. The molecule has 8 heteroatoms. The molecular weight excluding hydrogens is 346 g/mol. The Morgan fingerprint density at radius 3 is 2.70 bits per heavy atom. The van der Waals surface area contributed by atoms with Gasteiger partial charge >= 0.3 is 0 Å². The number of H-pyrrole nitrogens is 1. The van der Waals surface area contributed by atoms with Gasteiger partial charge < -0.3 is 5.32 Å². The second kappa shape index (κ2) is 7.76. The monoisotopic (exact) mass is 359 g/mol. The summed E-state index contributed by atoms with van der Waals surface area (Å²) < 4.78 is 0. The predicted molar refractivity (Wildman–Crippen MR) is 99.3 cm³/mol. The first kappa shape index (κ1) is 17.6. The number of hydrogen-bond acceptors (Lipinski definition) is 5. The minimum atomic E-state index is -0.560. The molecule has 0 aliphatic heterocycles. The summed E-state index contributed by atoms with van der Waals surface area (Å²) in [6.45, 7) is 0. The van der Waals surface area contributed by atoms with E-state index < -0.39 is 10.8 Å². The minimum Gasteiger partial charge on any atom is -0.321 e. The Labute approximate surface area is 153 Å². The number of nitro benzene ring substituents is 1. The van der Waals surface area contributed by atoms with Crippen LogP contribution in [0.5, 0.6) is 0 Å². The molecule has 0 atom stereocenters. The number of hydrogen-bond donors (Lipinski definition) is 2. The van der Waals surface area contributed by atoms with Gasteiger partial charge in [0.15, 0.2) is 0 Å². The number of nitro groups is 1. The van der Waals surface area contributed by atoms with Crippen molar-refractivity contribution in [1.82, 2.24) is 10.2 Å². The Kier molecular flexibility index (Phi) is 5.05. The molecule has 0 bridgehead atoms. The molecule has 0 unspecified atom stereocenters. The fourth-order valence-corrected chi connectivity index (χ4v) is 2.44. The van der Waals surface area contributed by atoms with Crippen LogP contribution < -0.4 is 5.32 Å². The topological polar surface area (TPSA) is 125 Å². The van der Waals surface area contributed by atoms with Crippen LogP contribution >= 0.6 is 0 Å². The molecule has 0 aliphatic carbocycles. The molecule has 27 heavy (non-hydrogen) atoms. The maximum atomic E-state index is 12.3. The average Bonchev–Trinajstić information content (AvgIpc) is 3.15. The van der Waals surface area contributed by atoms with Crippen LogP contribution in [0.2, 0.25) is 0 Å². The number of carbonyl (C=O) groups excluding carboxylic acids is 1. The Bertz CT molecular complexity index is 1060. The number of benzene rings is 2. The van der Waals surface area contributed by atoms with Crippen molar-refractivity contribution in [1.29, 1.82) is 5.26 Å². The number of para-hydroxylation sites is 1. The van der Waals surface area contributed by atoms with Gasteiger partial charge in [-0.05, 0) is 18.2 Å². The van der Waals surface area contributed by atoms with Gasteiger partial charge in [-0.15, -0.1) is 0 Å². The lowest BCUT2D eigenvalue weighted by Crippen LogP contribution is -2.13. The van der Waals surface area contributed by atoms with E-state index >= 15 is 0 Å². The van der Waals surface area contributed by atoms with Crippen molar-refractivity contribution in [3.8, 4) is 17.3 Å². The zero-order valence-corrected chi connectivity index (χ0v) is 13.9. The molecule has 3 aromatic rings. The van der Waals surface area contributed by atoms with Gasteiger partial charge in [0, 0.05) is 28.9 Å². The number of aromatic nitrogens is 2. The van der Waals surface area contributed by atoms with Crippen molar-refractivity contribution < 1.29 is 9.72 Å². The molecule has 0 spiro atoms. The smallest absolute Gasteiger partial charge is 0.270 e. The number of rotatable bonds is 5. The van der Waals surface area contributed by atoms with E-state index in [1.165, 1.54) is 24.4 Å². The van der Waals surface area contributed by atoms with E-state index in [1.54, 1.807) is 36.4 Å². The molecule has 0 fully saturated rings. The SMILES string of the molecule is N#C/C(=C\c1cn[nH]c1-c1cccc([N+](=O)[O-])c1)C(=O)Nc1ccccc1. The summed E-state index contributed by atoms with van der Waals surface area (Å²) in [5.74, 6) is -0.560. The number of nitriles is 1. The molecule has 1 amide bonds. The van der Waals surface area contributed by atoms with Crippen LogP contribution in [0.1, 0.15) is 5.56 Å². The molecule has 8 nitrogen and oxygen atoms in total. The van der Waals surface area contributed by atoms with E-state index in [-0.39, 0.29) is 11.3 Å². The van der Waals surface area contributed by atoms with Gasteiger partial charge in [0.2, 0.25) is 0 Å². The van der Waals surface area contributed by atoms with Crippen molar-refractivity contribution in [3.05, 3.63) is 82.0 Å². The van der Waals surface area contributed by atoms with E-state index in [9.17, 15) is 20.2 Å². The Hall–Kier alpha value is -4.25. The molecule has 0 radical (unpaired) electrons. The second-order valence-electron chi connectivity index (χ2n) is 5.50. The van der Waals surface area contributed by atoms with Crippen molar-refractivity contribution in [2.24, 2.45) is 0 Å². The first-order valence-electron chi connectivity index (χ1n) is 7.85. The molecule has 0 saturated carbocycles. The lowest BCUT2D eigenvalue weighted by molar-refractivity contribution is -0.384. The van der Waals surface area contributed by atoms with Crippen LogP contribution in [-0.2, 0) is 4.79 Å². The van der Waals surface area contributed by atoms with Crippen LogP contribution in [0.4, 0.5) is 11.4 Å². The van der Waals surface area contributed by atoms with Crippen molar-refractivity contribution in [3.63, 3.8) is 0 Å². The first-order chi connectivity index (χ1) is 13.1. The molecule has 1 aromatic heterocycles. The number of nitrogens with zero attached hydrogens (tertiary/aromatic N) is 3. The number of carbonyl (C=O) groups is 1. The van der Waals surface area contributed by atoms with E-state index in [1.807, 2.05) is 12.1 Å². The molecule has 2 aromatic carbocycles. The lowest BCUT2D eigenvalue weighted by Gasteiger charge is -2.04. The molecule has 3 rings (SSSR count). The van der Waals surface area contributed by atoms with E-state index in [4.69, 9.17) is 0 Å².